The molecule has 0 spiro atoms. The normalized spacial score (nSPS) is 10.9. The first-order valence-electron chi connectivity index (χ1n) is 6.93. The number of rotatable bonds is 8. The molecule has 0 fully saturated rings. The molecule has 0 aromatic heterocycles. The van der Waals surface area contributed by atoms with E-state index in [1.165, 1.54) is 18.2 Å². The second kappa shape index (κ2) is 8.59. The molecule has 118 valence electrons. The summed E-state index contributed by atoms with van der Waals surface area (Å²) in [6.45, 7) is 2.28. The number of amides is 1. The number of nitrogens with zero attached hydrogens (tertiary/aromatic N) is 2. The molecule has 0 aliphatic heterocycles. The van der Waals surface area contributed by atoms with Gasteiger partial charge < -0.3 is 20.3 Å². The van der Waals surface area contributed by atoms with Gasteiger partial charge in [-0.2, -0.15) is 0 Å². The van der Waals surface area contributed by atoms with Crippen molar-refractivity contribution in [3.63, 3.8) is 0 Å². The van der Waals surface area contributed by atoms with Gasteiger partial charge in [-0.3, -0.25) is 4.79 Å². The molecule has 21 heavy (non-hydrogen) atoms. The zero-order valence-corrected chi connectivity index (χ0v) is 12.9. The Morgan fingerprint density at radius 1 is 1.29 bits per heavy atom. The van der Waals surface area contributed by atoms with Gasteiger partial charge >= 0.3 is 0 Å². The summed E-state index contributed by atoms with van der Waals surface area (Å²) in [7, 11) is 5.52. The summed E-state index contributed by atoms with van der Waals surface area (Å²) in [5.41, 5.74) is 5.86. The lowest BCUT2D eigenvalue weighted by atomic mass is 10.1. The number of anilines is 1. The van der Waals surface area contributed by atoms with Gasteiger partial charge in [-0.15, -0.1) is 0 Å². The highest BCUT2D eigenvalue weighted by Crippen LogP contribution is 2.14. The molecule has 6 heteroatoms. The Morgan fingerprint density at radius 3 is 2.57 bits per heavy atom. The third-order valence-electron chi connectivity index (χ3n) is 3.11. The van der Waals surface area contributed by atoms with Gasteiger partial charge in [-0.25, -0.2) is 4.39 Å². The first kappa shape index (κ1) is 17.4. The molecule has 0 aliphatic carbocycles. The molecule has 0 atom stereocenters. The molecule has 0 saturated heterocycles. The molecule has 0 unspecified atom stereocenters. The topological polar surface area (TPSA) is 58.8 Å². The van der Waals surface area contributed by atoms with Crippen molar-refractivity contribution in [1.82, 2.24) is 9.80 Å². The second-order valence-corrected chi connectivity index (χ2v) is 5.18. The van der Waals surface area contributed by atoms with Crippen LogP contribution in [-0.2, 0) is 4.74 Å². The lowest BCUT2D eigenvalue weighted by Crippen LogP contribution is -2.36. The van der Waals surface area contributed by atoms with Gasteiger partial charge in [0, 0.05) is 25.9 Å². The Kier molecular flexibility index (Phi) is 7.11. The standard InChI is InChI=1S/C15H24FN3O2/c1-18(2)7-4-8-19(9-10-21-3)15(20)13-6-5-12(17)11-14(13)16/h5-6,11H,4,7-10,17H2,1-3H3. The van der Waals surface area contributed by atoms with Crippen LogP contribution >= 0.6 is 0 Å². The van der Waals surface area contributed by atoms with Crippen molar-refractivity contribution in [3.8, 4) is 0 Å². The number of halogens is 1. The zero-order valence-electron chi connectivity index (χ0n) is 12.9. The average molecular weight is 297 g/mol. The van der Waals surface area contributed by atoms with Crippen LogP contribution in [0.2, 0.25) is 0 Å². The Bertz CT molecular complexity index is 466. The monoisotopic (exact) mass is 297 g/mol. The van der Waals surface area contributed by atoms with Gasteiger partial charge in [0.15, 0.2) is 0 Å². The summed E-state index contributed by atoms with van der Waals surface area (Å²) >= 11 is 0. The van der Waals surface area contributed by atoms with E-state index in [0.29, 0.717) is 25.4 Å². The molecular weight excluding hydrogens is 273 g/mol. The number of methoxy groups -OCH3 is 1. The van der Waals surface area contributed by atoms with Crippen LogP contribution < -0.4 is 5.73 Å². The van der Waals surface area contributed by atoms with Crippen molar-refractivity contribution in [3.05, 3.63) is 29.6 Å². The predicted octanol–water partition coefficient (Wildman–Crippen LogP) is 1.45. The van der Waals surface area contributed by atoms with Crippen molar-refractivity contribution < 1.29 is 13.9 Å². The number of ether oxygens (including phenoxy) is 1. The molecule has 1 aromatic carbocycles. The van der Waals surface area contributed by atoms with E-state index >= 15 is 0 Å². The number of hydrogen-bond donors (Lipinski definition) is 1. The average Bonchev–Trinajstić information content (AvgIpc) is 2.41. The molecule has 0 bridgehead atoms. The van der Waals surface area contributed by atoms with E-state index in [4.69, 9.17) is 10.5 Å². The fraction of sp³-hybridized carbons (Fsp3) is 0.533. The van der Waals surface area contributed by atoms with E-state index in [9.17, 15) is 9.18 Å². The summed E-state index contributed by atoms with van der Waals surface area (Å²) < 4.78 is 18.9. The second-order valence-electron chi connectivity index (χ2n) is 5.18. The zero-order chi connectivity index (χ0) is 15.8. The third-order valence-corrected chi connectivity index (χ3v) is 3.11. The van der Waals surface area contributed by atoms with Crippen molar-refractivity contribution >= 4 is 11.6 Å². The van der Waals surface area contributed by atoms with Crippen LogP contribution in [0.1, 0.15) is 16.8 Å². The lowest BCUT2D eigenvalue weighted by Gasteiger charge is -2.23. The fourth-order valence-electron chi connectivity index (χ4n) is 1.97. The van der Waals surface area contributed by atoms with Crippen LogP contribution in [-0.4, -0.2) is 63.2 Å². The van der Waals surface area contributed by atoms with Crippen LogP contribution in [0.5, 0.6) is 0 Å². The van der Waals surface area contributed by atoms with Gasteiger partial charge in [-0.05, 0) is 45.3 Å². The molecule has 0 saturated carbocycles. The molecule has 2 N–H and O–H groups in total. The van der Waals surface area contributed by atoms with E-state index in [1.54, 1.807) is 12.0 Å². The fourth-order valence-corrected chi connectivity index (χ4v) is 1.97. The molecule has 1 rings (SSSR count). The van der Waals surface area contributed by atoms with Gasteiger partial charge in [0.25, 0.3) is 5.91 Å². The van der Waals surface area contributed by atoms with Gasteiger partial charge in [0.2, 0.25) is 0 Å². The summed E-state index contributed by atoms with van der Waals surface area (Å²) in [5.74, 6) is -0.918. The minimum Gasteiger partial charge on any atom is -0.399 e. The minimum atomic E-state index is -0.588. The molecule has 0 aliphatic rings. The van der Waals surface area contributed by atoms with Crippen molar-refractivity contribution in [2.75, 3.05) is 53.2 Å². The first-order valence-corrected chi connectivity index (χ1v) is 6.93. The maximum atomic E-state index is 13.9. The van der Waals surface area contributed by atoms with Gasteiger partial charge in [0.1, 0.15) is 5.82 Å². The highest BCUT2D eigenvalue weighted by molar-refractivity contribution is 5.94. The molecule has 1 aromatic rings. The number of nitrogen functional groups attached to an aromatic ring is 1. The SMILES string of the molecule is COCCN(CCCN(C)C)C(=O)c1ccc(N)cc1F. The number of carbonyl (C=O) groups excluding carboxylic acids is 1. The van der Waals surface area contributed by atoms with Crippen LogP contribution in [0.4, 0.5) is 10.1 Å². The summed E-state index contributed by atoms with van der Waals surface area (Å²) in [4.78, 5) is 16.1. The summed E-state index contributed by atoms with van der Waals surface area (Å²) in [6, 6.07) is 4.13. The van der Waals surface area contributed by atoms with E-state index in [2.05, 4.69) is 0 Å². The number of hydrogen-bond acceptors (Lipinski definition) is 4. The van der Waals surface area contributed by atoms with Crippen LogP contribution in [0, 0.1) is 5.82 Å². The molecule has 5 nitrogen and oxygen atoms in total. The Labute approximate surface area is 125 Å². The van der Waals surface area contributed by atoms with Crippen LogP contribution in [0.15, 0.2) is 18.2 Å². The summed E-state index contributed by atoms with van der Waals surface area (Å²) in [6.07, 6.45) is 0.818. The van der Waals surface area contributed by atoms with Gasteiger partial charge in [0.05, 0.1) is 12.2 Å². The molecule has 0 heterocycles. The predicted molar refractivity (Wildman–Crippen MR) is 81.8 cm³/mol. The Hall–Kier alpha value is -1.66. The maximum Gasteiger partial charge on any atom is 0.256 e. The smallest absolute Gasteiger partial charge is 0.256 e. The van der Waals surface area contributed by atoms with Crippen molar-refractivity contribution in [1.29, 1.82) is 0 Å². The van der Waals surface area contributed by atoms with E-state index in [1.807, 2.05) is 19.0 Å². The minimum absolute atomic E-state index is 0.0464. The number of carbonyl (C=O) groups is 1. The van der Waals surface area contributed by atoms with E-state index in [0.717, 1.165) is 13.0 Å². The lowest BCUT2D eigenvalue weighted by molar-refractivity contribution is 0.0685. The Morgan fingerprint density at radius 2 is 2.00 bits per heavy atom. The summed E-state index contributed by atoms with van der Waals surface area (Å²) in [5, 5.41) is 0. The van der Waals surface area contributed by atoms with E-state index < -0.39 is 5.82 Å². The largest absolute Gasteiger partial charge is 0.399 e. The molecular formula is C15H24FN3O2. The molecule has 0 radical (unpaired) electrons. The highest BCUT2D eigenvalue weighted by Gasteiger charge is 2.19. The number of nitrogens with two attached hydrogens (primary N) is 1. The van der Waals surface area contributed by atoms with Crippen LogP contribution in [0.25, 0.3) is 0 Å². The first-order chi connectivity index (χ1) is 9.95. The molecule has 1 amide bonds. The quantitative estimate of drug-likeness (QED) is 0.738. The highest BCUT2D eigenvalue weighted by atomic mass is 19.1. The van der Waals surface area contributed by atoms with E-state index in [-0.39, 0.29) is 11.5 Å². The van der Waals surface area contributed by atoms with Gasteiger partial charge in [-0.1, -0.05) is 0 Å². The number of benzene rings is 1. The Balaban J connectivity index is 2.77. The van der Waals surface area contributed by atoms with Crippen molar-refractivity contribution in [2.24, 2.45) is 0 Å². The maximum absolute atomic E-state index is 13.9. The van der Waals surface area contributed by atoms with Crippen LogP contribution in [0.3, 0.4) is 0 Å². The van der Waals surface area contributed by atoms with Crippen molar-refractivity contribution in [2.45, 2.75) is 6.42 Å². The third kappa shape index (κ3) is 5.69.